The van der Waals surface area contributed by atoms with Crippen molar-refractivity contribution in [1.29, 1.82) is 0 Å². The Kier molecular flexibility index (Phi) is 13.4. The molecule has 10 nitrogen and oxygen atoms in total. The van der Waals surface area contributed by atoms with Gasteiger partial charge in [0.15, 0.2) is 11.6 Å². The van der Waals surface area contributed by atoms with E-state index in [1.807, 2.05) is 52.0 Å². The van der Waals surface area contributed by atoms with Crippen LogP contribution in [0.25, 0.3) is 0 Å². The van der Waals surface area contributed by atoms with E-state index in [9.17, 15) is 9.59 Å². The average Bonchev–Trinajstić information content (AvgIpc) is 3.99. The first kappa shape index (κ1) is 49.0. The van der Waals surface area contributed by atoms with Gasteiger partial charge in [0.25, 0.3) is 16.6 Å². The van der Waals surface area contributed by atoms with E-state index < -0.39 is 28.2 Å². The van der Waals surface area contributed by atoms with Gasteiger partial charge in [0.2, 0.25) is 0 Å². The van der Waals surface area contributed by atoms with Crippen molar-refractivity contribution in [2.45, 2.75) is 153 Å². The number of benzene rings is 4. The van der Waals surface area contributed by atoms with Crippen LogP contribution in [0.15, 0.2) is 121 Å². The van der Waals surface area contributed by atoms with Crippen LogP contribution in [0.5, 0.6) is 0 Å². The van der Waals surface area contributed by atoms with Crippen molar-refractivity contribution in [3.8, 4) is 0 Å². The molecule has 0 radical (unpaired) electrons. The molecule has 364 valence electrons. The Morgan fingerprint density at radius 3 is 0.985 bits per heavy atom. The monoisotopic (exact) mass is 960 g/mol. The third-order valence-corrected chi connectivity index (χ3v) is 25.5. The molecule has 68 heavy (non-hydrogen) atoms. The quantitative estimate of drug-likeness (QED) is 0.115. The summed E-state index contributed by atoms with van der Waals surface area (Å²) < 4.78 is 50.5. The molecule has 12 heteroatoms. The summed E-state index contributed by atoms with van der Waals surface area (Å²) in [6, 6.07) is 42.3. The van der Waals surface area contributed by atoms with Gasteiger partial charge in [0.1, 0.15) is 12.2 Å². The second kappa shape index (κ2) is 18.6. The minimum atomic E-state index is -2.69. The zero-order valence-corrected chi connectivity index (χ0v) is 43.6. The van der Waals surface area contributed by atoms with E-state index in [4.69, 9.17) is 37.3 Å². The number of esters is 2. The Hall–Kier alpha value is -3.99. The molecule has 6 fully saturated rings. The van der Waals surface area contributed by atoms with Crippen molar-refractivity contribution < 1.29 is 46.9 Å². The zero-order valence-electron chi connectivity index (χ0n) is 41.6. The molecule has 4 saturated heterocycles. The topological polar surface area (TPSA) is 108 Å². The summed E-state index contributed by atoms with van der Waals surface area (Å²) in [6.45, 7) is 22.2. The predicted molar refractivity (Wildman–Crippen MR) is 267 cm³/mol. The highest BCUT2D eigenvalue weighted by Gasteiger charge is 2.59. The third kappa shape index (κ3) is 9.25. The van der Waals surface area contributed by atoms with E-state index in [0.717, 1.165) is 12.8 Å². The fourth-order valence-corrected chi connectivity index (χ4v) is 21.7. The predicted octanol–water partition coefficient (Wildman–Crippen LogP) is 8.07. The van der Waals surface area contributed by atoms with Crippen LogP contribution in [-0.4, -0.2) is 90.0 Å². The fraction of sp³-hybridized carbons (Fsp3) is 0.536. The second-order valence-electron chi connectivity index (χ2n) is 22.8. The Balaban J connectivity index is 0.000000170. The highest BCUT2D eigenvalue weighted by molar-refractivity contribution is 7.00. The minimum absolute atomic E-state index is 0.00103. The Morgan fingerprint density at radius 2 is 0.721 bits per heavy atom. The SMILES string of the molecule is CC1(C)O[C@H]2C[C@@H]3[C@@H](CO[Si](c4ccccc4)(c4ccccc4)C(C)(C)C)OC(=O)[C@@H]3C[C@H]2O1.CC1(C)O[C@H]2C[C@@H]3[C@@H](CO[Si](c4ccccc4)(c4ccccc4)C(C)(C)C)OC(=O)[C@@H]3C[C@H]2O1. The number of ether oxygens (including phenoxy) is 6. The standard InChI is InChI=1S/2C28H36O5Si/c2*1-27(2,3)34(19-12-8-6-9-13-19,20-14-10-7-11-15-20)30-18-25-21-16-23-24(33-28(4,5)32-23)17-22(21)26(29)31-25/h2*6-15,21-25H,16-18H2,1-5H3/t2*21-,22+,23-,24+,25+/m00/s1. The van der Waals surface area contributed by atoms with E-state index in [2.05, 4.69) is 139 Å². The van der Waals surface area contributed by atoms with Crippen LogP contribution < -0.4 is 20.7 Å². The molecule has 0 spiro atoms. The molecule has 2 aliphatic carbocycles. The Labute approximate surface area is 405 Å². The van der Waals surface area contributed by atoms with E-state index in [-0.39, 0.29) is 82.3 Å². The summed E-state index contributed by atoms with van der Waals surface area (Å²) >= 11 is 0. The van der Waals surface area contributed by atoms with Gasteiger partial charge in [-0.2, -0.15) is 0 Å². The van der Waals surface area contributed by atoms with E-state index in [1.165, 1.54) is 20.7 Å². The van der Waals surface area contributed by atoms with Crippen molar-refractivity contribution in [2.75, 3.05) is 13.2 Å². The number of carbonyl (C=O) groups excluding carboxylic acids is 2. The van der Waals surface area contributed by atoms with Crippen molar-refractivity contribution in [2.24, 2.45) is 23.7 Å². The normalized spacial score (nSPS) is 30.5. The lowest BCUT2D eigenvalue weighted by molar-refractivity contribution is -0.152. The smallest absolute Gasteiger partial charge is 0.309 e. The molecule has 10 atom stereocenters. The average molecular weight is 961 g/mol. The fourth-order valence-electron chi connectivity index (χ4n) is 12.6. The maximum Gasteiger partial charge on any atom is 0.309 e. The summed E-state index contributed by atoms with van der Waals surface area (Å²) in [7, 11) is -5.38. The molecular weight excluding hydrogens is 889 g/mol. The second-order valence-corrected chi connectivity index (χ2v) is 31.4. The lowest BCUT2D eigenvalue weighted by atomic mass is 9.76. The molecule has 4 aliphatic heterocycles. The zero-order chi connectivity index (χ0) is 48.3. The number of fused-ring (bicyclic) bond motifs is 4. The van der Waals surface area contributed by atoms with Crippen molar-refractivity contribution in [3.05, 3.63) is 121 Å². The molecule has 4 heterocycles. The van der Waals surface area contributed by atoms with Gasteiger partial charge >= 0.3 is 11.9 Å². The van der Waals surface area contributed by atoms with Crippen molar-refractivity contribution >= 4 is 49.3 Å². The van der Waals surface area contributed by atoms with Crippen LogP contribution in [0.1, 0.15) is 94.9 Å². The van der Waals surface area contributed by atoms with Crippen LogP contribution in [0.3, 0.4) is 0 Å². The maximum absolute atomic E-state index is 12.9. The molecule has 0 unspecified atom stereocenters. The number of hydrogen-bond acceptors (Lipinski definition) is 10. The molecule has 4 aromatic carbocycles. The van der Waals surface area contributed by atoms with E-state index in [0.29, 0.717) is 26.1 Å². The van der Waals surface area contributed by atoms with Gasteiger partial charge in [-0.25, -0.2) is 0 Å². The summed E-state index contributed by atoms with van der Waals surface area (Å²) in [5, 5.41) is 4.67. The molecule has 0 bridgehead atoms. The third-order valence-electron chi connectivity index (χ3n) is 15.4. The van der Waals surface area contributed by atoms with Gasteiger partial charge in [-0.1, -0.05) is 163 Å². The first-order valence-corrected chi connectivity index (χ1v) is 28.7. The van der Waals surface area contributed by atoms with Crippen LogP contribution in [0.2, 0.25) is 10.1 Å². The van der Waals surface area contributed by atoms with Gasteiger partial charge in [-0.3, -0.25) is 9.59 Å². The first-order chi connectivity index (χ1) is 32.2. The number of cyclic esters (lactones) is 2. The molecule has 0 amide bonds. The number of rotatable bonds is 10. The molecule has 2 saturated carbocycles. The highest BCUT2D eigenvalue weighted by Crippen LogP contribution is 2.49. The molecule has 0 aromatic heterocycles. The van der Waals surface area contributed by atoms with Gasteiger partial charge in [0.05, 0.1) is 49.5 Å². The maximum atomic E-state index is 12.9. The molecule has 10 rings (SSSR count). The van der Waals surface area contributed by atoms with E-state index >= 15 is 0 Å². The van der Waals surface area contributed by atoms with Crippen LogP contribution >= 0.6 is 0 Å². The van der Waals surface area contributed by atoms with Crippen LogP contribution in [-0.2, 0) is 46.9 Å². The molecular formula is C56H72O10Si2. The van der Waals surface area contributed by atoms with Crippen molar-refractivity contribution in [1.82, 2.24) is 0 Å². The highest BCUT2D eigenvalue weighted by atomic mass is 28.4. The summed E-state index contributed by atoms with van der Waals surface area (Å²) in [5.74, 6) is -1.55. The van der Waals surface area contributed by atoms with Gasteiger partial charge in [-0.05, 0) is 84.2 Å². The lowest BCUT2D eigenvalue weighted by Gasteiger charge is -2.43. The van der Waals surface area contributed by atoms with E-state index in [1.54, 1.807) is 0 Å². The summed E-state index contributed by atoms with van der Waals surface area (Å²) in [6.07, 6.45) is 2.22. The van der Waals surface area contributed by atoms with Gasteiger partial charge in [-0.15, -0.1) is 0 Å². The summed E-state index contributed by atoms with van der Waals surface area (Å²) in [5.41, 5.74) is 0. The number of hydrogen-bond donors (Lipinski definition) is 0. The van der Waals surface area contributed by atoms with Gasteiger partial charge < -0.3 is 37.3 Å². The molecule has 0 N–H and O–H groups in total. The minimum Gasteiger partial charge on any atom is -0.459 e. The Bertz CT molecular complexity index is 2120. The summed E-state index contributed by atoms with van der Waals surface area (Å²) in [4.78, 5) is 25.7. The van der Waals surface area contributed by atoms with Crippen LogP contribution in [0.4, 0.5) is 0 Å². The largest absolute Gasteiger partial charge is 0.459 e. The van der Waals surface area contributed by atoms with Crippen LogP contribution in [0, 0.1) is 23.7 Å². The van der Waals surface area contributed by atoms with Crippen molar-refractivity contribution in [3.63, 3.8) is 0 Å². The molecule has 4 aromatic rings. The Morgan fingerprint density at radius 1 is 0.456 bits per heavy atom. The number of carbonyl (C=O) groups is 2. The first-order valence-electron chi connectivity index (χ1n) is 24.8. The lowest BCUT2D eigenvalue weighted by Crippen LogP contribution is -2.67. The molecule has 6 aliphatic rings. The van der Waals surface area contributed by atoms with Gasteiger partial charge in [0, 0.05) is 11.8 Å².